The molecule has 112 valence electrons. The minimum absolute atomic E-state index is 0.348. The molecule has 0 aliphatic heterocycles. The maximum absolute atomic E-state index is 11.8. The Morgan fingerprint density at radius 1 is 1.43 bits per heavy atom. The monoisotopic (exact) mass is 291 g/mol. The van der Waals surface area contributed by atoms with Gasteiger partial charge in [0.05, 0.1) is 18.9 Å². The van der Waals surface area contributed by atoms with E-state index in [-0.39, 0.29) is 0 Å². The number of aliphatic carboxylic acids is 1. The van der Waals surface area contributed by atoms with E-state index < -0.39 is 11.5 Å². The van der Waals surface area contributed by atoms with E-state index in [1.165, 1.54) is 18.0 Å². The van der Waals surface area contributed by atoms with Gasteiger partial charge in [-0.2, -0.15) is 0 Å². The van der Waals surface area contributed by atoms with Crippen LogP contribution in [0, 0.1) is 0 Å². The van der Waals surface area contributed by atoms with Gasteiger partial charge >= 0.3 is 5.97 Å². The van der Waals surface area contributed by atoms with Gasteiger partial charge in [0.25, 0.3) is 0 Å². The molecule has 0 unspecified atom stereocenters. The molecule has 0 saturated carbocycles. The van der Waals surface area contributed by atoms with Crippen LogP contribution in [0.5, 0.6) is 5.75 Å². The van der Waals surface area contributed by atoms with E-state index in [4.69, 9.17) is 4.74 Å². The molecule has 0 amide bonds. The standard InChI is InChI=1S/C13H17N5O3/c1-4-13(5-2,12(19)20)18-11(15-16-17-18)9-6-7-14-8-10(9)21-3/h6-8H,4-5H2,1-3H3,(H,19,20). The summed E-state index contributed by atoms with van der Waals surface area (Å²) in [6.07, 6.45) is 3.85. The van der Waals surface area contributed by atoms with Crippen molar-refractivity contribution in [2.75, 3.05) is 7.11 Å². The van der Waals surface area contributed by atoms with Crippen molar-refractivity contribution in [2.24, 2.45) is 0 Å². The predicted octanol–water partition coefficient (Wildman–Crippen LogP) is 1.34. The summed E-state index contributed by atoms with van der Waals surface area (Å²) in [6, 6.07) is 1.69. The Labute approximate surface area is 121 Å². The van der Waals surface area contributed by atoms with Crippen LogP contribution in [0.3, 0.4) is 0 Å². The molecule has 21 heavy (non-hydrogen) atoms. The molecule has 0 saturated heterocycles. The molecule has 1 N–H and O–H groups in total. The third kappa shape index (κ3) is 2.32. The topological polar surface area (TPSA) is 103 Å². The van der Waals surface area contributed by atoms with Crippen molar-refractivity contribution in [1.82, 2.24) is 25.2 Å². The molecule has 0 aromatic carbocycles. The molecule has 2 aromatic heterocycles. The lowest BCUT2D eigenvalue weighted by atomic mass is 9.92. The summed E-state index contributed by atoms with van der Waals surface area (Å²) >= 11 is 0. The first-order valence-electron chi connectivity index (χ1n) is 6.61. The van der Waals surface area contributed by atoms with E-state index in [0.717, 1.165) is 0 Å². The number of hydrogen-bond donors (Lipinski definition) is 1. The summed E-state index contributed by atoms with van der Waals surface area (Å²) in [7, 11) is 1.51. The van der Waals surface area contributed by atoms with Crippen molar-refractivity contribution in [1.29, 1.82) is 0 Å². The van der Waals surface area contributed by atoms with E-state index >= 15 is 0 Å². The van der Waals surface area contributed by atoms with Crippen molar-refractivity contribution in [3.63, 3.8) is 0 Å². The average Bonchev–Trinajstić information content (AvgIpc) is 2.98. The first-order valence-corrected chi connectivity index (χ1v) is 6.61. The maximum atomic E-state index is 11.8. The second kappa shape index (κ2) is 5.86. The van der Waals surface area contributed by atoms with Crippen molar-refractivity contribution >= 4 is 5.97 Å². The lowest BCUT2D eigenvalue weighted by molar-refractivity contribution is -0.148. The fourth-order valence-corrected chi connectivity index (χ4v) is 2.31. The molecule has 0 bridgehead atoms. The number of carbonyl (C=O) groups is 1. The molecule has 2 heterocycles. The lowest BCUT2D eigenvalue weighted by Crippen LogP contribution is -2.42. The Balaban J connectivity index is 2.65. The highest BCUT2D eigenvalue weighted by Crippen LogP contribution is 2.33. The number of carboxylic acids is 1. The molecule has 0 fully saturated rings. The number of ether oxygens (including phenoxy) is 1. The summed E-state index contributed by atoms with van der Waals surface area (Å²) in [5.41, 5.74) is -0.586. The van der Waals surface area contributed by atoms with Crippen LogP contribution in [0.15, 0.2) is 18.5 Å². The van der Waals surface area contributed by atoms with Gasteiger partial charge in [-0.15, -0.1) is 5.10 Å². The Bertz CT molecular complexity index is 636. The van der Waals surface area contributed by atoms with E-state index in [2.05, 4.69) is 20.5 Å². The van der Waals surface area contributed by atoms with Gasteiger partial charge in [0.1, 0.15) is 5.75 Å². The molecule has 2 rings (SSSR count). The van der Waals surface area contributed by atoms with Crippen LogP contribution >= 0.6 is 0 Å². The largest absolute Gasteiger partial charge is 0.494 e. The van der Waals surface area contributed by atoms with Crippen LogP contribution in [-0.4, -0.2) is 43.4 Å². The Morgan fingerprint density at radius 3 is 2.71 bits per heavy atom. The second-order valence-electron chi connectivity index (χ2n) is 4.53. The lowest BCUT2D eigenvalue weighted by Gasteiger charge is -2.27. The number of pyridine rings is 1. The van der Waals surface area contributed by atoms with Crippen molar-refractivity contribution < 1.29 is 14.6 Å². The molecule has 8 nitrogen and oxygen atoms in total. The molecule has 0 aliphatic rings. The molecule has 8 heteroatoms. The zero-order valence-corrected chi connectivity index (χ0v) is 12.1. The molecule has 0 aliphatic carbocycles. The maximum Gasteiger partial charge on any atom is 0.331 e. The van der Waals surface area contributed by atoms with E-state index in [1.807, 2.05) is 0 Å². The first kappa shape index (κ1) is 14.9. The summed E-state index contributed by atoms with van der Waals surface area (Å²) in [6.45, 7) is 3.60. The van der Waals surface area contributed by atoms with Crippen molar-refractivity contribution in [3.05, 3.63) is 18.5 Å². The van der Waals surface area contributed by atoms with Gasteiger partial charge in [-0.25, -0.2) is 9.48 Å². The van der Waals surface area contributed by atoms with Gasteiger partial charge in [0.2, 0.25) is 0 Å². The quantitative estimate of drug-likeness (QED) is 0.856. The number of rotatable bonds is 6. The Kier molecular flexibility index (Phi) is 4.15. The molecule has 2 aromatic rings. The fourth-order valence-electron chi connectivity index (χ4n) is 2.31. The van der Waals surface area contributed by atoms with Gasteiger partial charge in [0, 0.05) is 6.20 Å². The number of aromatic nitrogens is 5. The Hall–Kier alpha value is -2.51. The minimum Gasteiger partial charge on any atom is -0.494 e. The van der Waals surface area contributed by atoms with Gasteiger partial charge in [-0.3, -0.25) is 4.98 Å². The van der Waals surface area contributed by atoms with Crippen molar-refractivity contribution in [3.8, 4) is 17.1 Å². The van der Waals surface area contributed by atoms with E-state index in [0.29, 0.717) is 30.0 Å². The van der Waals surface area contributed by atoms with Gasteiger partial charge in [0.15, 0.2) is 11.4 Å². The zero-order valence-electron chi connectivity index (χ0n) is 12.1. The fraction of sp³-hybridized carbons (Fsp3) is 0.462. The normalized spacial score (nSPS) is 11.4. The summed E-state index contributed by atoms with van der Waals surface area (Å²) in [5.74, 6) is -0.130. The molecule has 0 radical (unpaired) electrons. The SMILES string of the molecule is CCC(CC)(C(=O)O)n1nnnc1-c1ccncc1OC. The average molecular weight is 291 g/mol. The minimum atomic E-state index is -1.19. The highest BCUT2D eigenvalue weighted by Gasteiger charge is 2.40. The highest BCUT2D eigenvalue weighted by atomic mass is 16.5. The van der Waals surface area contributed by atoms with Crippen LogP contribution in [0.2, 0.25) is 0 Å². The number of hydrogen-bond acceptors (Lipinski definition) is 6. The Morgan fingerprint density at radius 2 is 2.14 bits per heavy atom. The number of methoxy groups -OCH3 is 1. The molecule has 0 spiro atoms. The van der Waals surface area contributed by atoms with E-state index in [1.54, 1.807) is 26.1 Å². The smallest absolute Gasteiger partial charge is 0.331 e. The second-order valence-corrected chi connectivity index (χ2v) is 4.53. The molecular weight excluding hydrogens is 274 g/mol. The first-order chi connectivity index (χ1) is 10.1. The van der Waals surface area contributed by atoms with Gasteiger partial charge in [-0.1, -0.05) is 13.8 Å². The van der Waals surface area contributed by atoms with Gasteiger partial charge in [-0.05, 0) is 29.3 Å². The summed E-state index contributed by atoms with van der Waals surface area (Å²) in [4.78, 5) is 15.7. The van der Waals surface area contributed by atoms with Crippen LogP contribution in [0.25, 0.3) is 11.4 Å². The van der Waals surface area contributed by atoms with E-state index in [9.17, 15) is 9.90 Å². The van der Waals surface area contributed by atoms with Crippen LogP contribution < -0.4 is 4.74 Å². The summed E-state index contributed by atoms with van der Waals surface area (Å²) in [5, 5.41) is 21.1. The van der Waals surface area contributed by atoms with Crippen molar-refractivity contribution in [2.45, 2.75) is 32.2 Å². The van der Waals surface area contributed by atoms with Crippen LogP contribution in [0.1, 0.15) is 26.7 Å². The third-order valence-corrected chi connectivity index (χ3v) is 3.69. The predicted molar refractivity (Wildman–Crippen MR) is 73.8 cm³/mol. The zero-order chi connectivity index (χ0) is 15.5. The van der Waals surface area contributed by atoms with Crippen LogP contribution in [0.4, 0.5) is 0 Å². The third-order valence-electron chi connectivity index (χ3n) is 3.69. The number of nitrogens with zero attached hydrogens (tertiary/aromatic N) is 5. The van der Waals surface area contributed by atoms with Gasteiger partial charge < -0.3 is 9.84 Å². The molecule has 0 atom stereocenters. The molecular formula is C13H17N5O3. The highest BCUT2D eigenvalue weighted by molar-refractivity contribution is 5.78. The summed E-state index contributed by atoms with van der Waals surface area (Å²) < 4.78 is 6.60. The van der Waals surface area contributed by atoms with Crippen LogP contribution in [-0.2, 0) is 10.3 Å². The number of carboxylic acid groups (broad SMARTS) is 1. The number of tetrazole rings is 1.